The molecular formula is C17H22O2. The Morgan fingerprint density at radius 1 is 1.26 bits per heavy atom. The summed E-state index contributed by atoms with van der Waals surface area (Å²) in [6.07, 6.45) is 6.21. The van der Waals surface area contributed by atoms with E-state index in [1.807, 2.05) is 30.3 Å². The molecular weight excluding hydrogens is 236 g/mol. The number of allylic oxidation sites excluding steroid dienone is 3. The van der Waals surface area contributed by atoms with Gasteiger partial charge in [0, 0.05) is 0 Å². The molecule has 0 radical (unpaired) electrons. The van der Waals surface area contributed by atoms with E-state index in [4.69, 9.17) is 0 Å². The van der Waals surface area contributed by atoms with Gasteiger partial charge in [-0.1, -0.05) is 47.6 Å². The largest absolute Gasteiger partial charge is 0.388 e. The molecule has 0 saturated heterocycles. The van der Waals surface area contributed by atoms with Crippen LogP contribution in [-0.2, 0) is 4.79 Å². The highest BCUT2D eigenvalue weighted by atomic mass is 16.3. The summed E-state index contributed by atoms with van der Waals surface area (Å²) in [7, 11) is 0. The third-order valence-electron chi connectivity index (χ3n) is 2.96. The summed E-state index contributed by atoms with van der Waals surface area (Å²) in [5.74, 6) is 0. The lowest BCUT2D eigenvalue weighted by Crippen LogP contribution is -1.99. The first-order valence-electron chi connectivity index (χ1n) is 6.63. The number of carbonyl (C=O) groups is 1. The molecule has 1 aromatic carbocycles. The second-order valence-corrected chi connectivity index (χ2v) is 4.91. The van der Waals surface area contributed by atoms with Crippen molar-refractivity contribution in [3.05, 3.63) is 59.2 Å². The number of hydrogen-bond donors (Lipinski definition) is 1. The van der Waals surface area contributed by atoms with E-state index in [1.165, 1.54) is 5.57 Å². The lowest BCUT2D eigenvalue weighted by Gasteiger charge is -2.13. The highest BCUT2D eigenvalue weighted by molar-refractivity contribution is 5.66. The average molecular weight is 258 g/mol. The third-order valence-corrected chi connectivity index (χ3v) is 2.96. The van der Waals surface area contributed by atoms with E-state index in [9.17, 15) is 9.90 Å². The zero-order valence-electron chi connectivity index (χ0n) is 11.7. The topological polar surface area (TPSA) is 37.3 Å². The number of benzene rings is 1. The van der Waals surface area contributed by atoms with Crippen molar-refractivity contribution in [3.8, 4) is 0 Å². The van der Waals surface area contributed by atoms with Gasteiger partial charge >= 0.3 is 0 Å². The highest BCUT2D eigenvalue weighted by Crippen LogP contribution is 2.23. The van der Waals surface area contributed by atoms with E-state index in [2.05, 4.69) is 19.9 Å². The molecule has 0 heterocycles. The molecule has 1 aromatic rings. The van der Waals surface area contributed by atoms with E-state index >= 15 is 0 Å². The van der Waals surface area contributed by atoms with Gasteiger partial charge in [-0.15, -0.1) is 0 Å². The highest BCUT2D eigenvalue weighted by Gasteiger charge is 2.09. The molecule has 2 nitrogen and oxygen atoms in total. The van der Waals surface area contributed by atoms with Gasteiger partial charge in [-0.25, -0.2) is 0 Å². The second-order valence-electron chi connectivity index (χ2n) is 4.91. The average Bonchev–Trinajstić information content (AvgIpc) is 2.39. The van der Waals surface area contributed by atoms with Gasteiger partial charge in [0.1, 0.15) is 6.29 Å². The lowest BCUT2D eigenvalue weighted by molar-refractivity contribution is -0.104. The molecule has 1 rings (SSSR count). The number of carbonyl (C=O) groups excluding carboxylic acids is 1. The zero-order valence-corrected chi connectivity index (χ0v) is 11.7. The fourth-order valence-electron chi connectivity index (χ4n) is 1.94. The van der Waals surface area contributed by atoms with E-state index in [-0.39, 0.29) is 0 Å². The molecule has 0 spiro atoms. The Balaban J connectivity index is 2.61. The normalized spacial score (nSPS) is 12.9. The maximum absolute atomic E-state index is 10.7. The van der Waals surface area contributed by atoms with Crippen LogP contribution in [0.1, 0.15) is 44.8 Å². The Morgan fingerprint density at radius 2 is 1.95 bits per heavy atom. The predicted molar refractivity (Wildman–Crippen MR) is 78.8 cm³/mol. The summed E-state index contributed by atoms with van der Waals surface area (Å²) in [6.45, 7) is 4.11. The van der Waals surface area contributed by atoms with Crippen LogP contribution < -0.4 is 0 Å². The Hall–Kier alpha value is -1.67. The second kappa shape index (κ2) is 8.44. The van der Waals surface area contributed by atoms with Crippen LogP contribution in [0.25, 0.3) is 0 Å². The van der Waals surface area contributed by atoms with E-state index in [1.54, 1.807) is 6.08 Å². The molecule has 102 valence electrons. The smallest absolute Gasteiger partial charge is 0.142 e. The van der Waals surface area contributed by atoms with Crippen molar-refractivity contribution in [1.82, 2.24) is 0 Å². The molecule has 1 N–H and O–H groups in total. The van der Waals surface area contributed by atoms with Gasteiger partial charge in [0.05, 0.1) is 6.10 Å². The first kappa shape index (κ1) is 15.4. The minimum absolute atomic E-state index is 0.513. The fourth-order valence-corrected chi connectivity index (χ4v) is 1.94. The van der Waals surface area contributed by atoms with Gasteiger partial charge in [0.15, 0.2) is 0 Å². The zero-order chi connectivity index (χ0) is 14.1. The van der Waals surface area contributed by atoms with Crippen LogP contribution in [0.4, 0.5) is 0 Å². The summed E-state index contributed by atoms with van der Waals surface area (Å²) in [5, 5.41) is 10.2. The molecule has 0 aliphatic heterocycles. The van der Waals surface area contributed by atoms with Crippen molar-refractivity contribution in [1.29, 1.82) is 0 Å². The maximum atomic E-state index is 10.7. The van der Waals surface area contributed by atoms with Crippen molar-refractivity contribution in [2.75, 3.05) is 0 Å². The lowest BCUT2D eigenvalue weighted by atomic mass is 9.98. The van der Waals surface area contributed by atoms with Gasteiger partial charge in [0.25, 0.3) is 0 Å². The maximum Gasteiger partial charge on any atom is 0.142 e. The Bertz CT molecular complexity index is 440. The van der Waals surface area contributed by atoms with Gasteiger partial charge in [0.2, 0.25) is 0 Å². The first-order chi connectivity index (χ1) is 9.13. The summed E-state index contributed by atoms with van der Waals surface area (Å²) in [5.41, 5.74) is 3.15. The molecule has 0 saturated carbocycles. The van der Waals surface area contributed by atoms with Crippen molar-refractivity contribution >= 4 is 6.29 Å². The third kappa shape index (κ3) is 6.16. The summed E-state index contributed by atoms with van der Waals surface area (Å²) in [4.78, 5) is 10.7. The predicted octanol–water partition coefficient (Wildman–Crippen LogP) is 3.98. The number of aliphatic hydroxyl groups excluding tert-OH is 1. The van der Waals surface area contributed by atoms with Gasteiger partial charge in [-0.05, 0) is 44.7 Å². The summed E-state index contributed by atoms with van der Waals surface area (Å²) in [6, 6.07) is 9.54. The standard InChI is InChI=1S/C17H22O2/c1-14(2)7-6-8-15(11-12-18)13-17(19)16-9-4-3-5-10-16/h3-5,7,9-12,17,19H,6,8,13H2,1-2H3/b15-11+. The van der Waals surface area contributed by atoms with Gasteiger partial charge in [-0.2, -0.15) is 0 Å². The molecule has 1 atom stereocenters. The van der Waals surface area contributed by atoms with Gasteiger partial charge < -0.3 is 5.11 Å². The van der Waals surface area contributed by atoms with E-state index < -0.39 is 6.10 Å². The quantitative estimate of drug-likeness (QED) is 0.456. The van der Waals surface area contributed by atoms with Crippen LogP contribution in [0, 0.1) is 0 Å². The van der Waals surface area contributed by atoms with Crippen LogP contribution in [0.3, 0.4) is 0 Å². The molecule has 2 heteroatoms. The number of aliphatic hydroxyl groups is 1. The molecule has 19 heavy (non-hydrogen) atoms. The first-order valence-corrected chi connectivity index (χ1v) is 6.63. The number of hydrogen-bond acceptors (Lipinski definition) is 2. The molecule has 0 aliphatic rings. The van der Waals surface area contributed by atoms with Crippen LogP contribution in [0.2, 0.25) is 0 Å². The van der Waals surface area contributed by atoms with Crippen molar-refractivity contribution in [3.63, 3.8) is 0 Å². The van der Waals surface area contributed by atoms with E-state index in [0.717, 1.165) is 30.3 Å². The monoisotopic (exact) mass is 258 g/mol. The Labute approximate surface area is 115 Å². The van der Waals surface area contributed by atoms with Crippen molar-refractivity contribution in [2.45, 2.75) is 39.2 Å². The molecule has 0 bridgehead atoms. The van der Waals surface area contributed by atoms with E-state index in [0.29, 0.717) is 6.42 Å². The van der Waals surface area contributed by atoms with Gasteiger partial charge in [-0.3, -0.25) is 4.79 Å². The fraction of sp³-hybridized carbons (Fsp3) is 0.353. The Kier molecular flexibility index (Phi) is 6.83. The number of rotatable bonds is 7. The Morgan fingerprint density at radius 3 is 2.53 bits per heavy atom. The minimum Gasteiger partial charge on any atom is -0.388 e. The van der Waals surface area contributed by atoms with Crippen LogP contribution >= 0.6 is 0 Å². The number of aldehydes is 1. The molecule has 0 amide bonds. The molecule has 0 aliphatic carbocycles. The summed E-state index contributed by atoms with van der Waals surface area (Å²) >= 11 is 0. The van der Waals surface area contributed by atoms with Crippen LogP contribution in [0.5, 0.6) is 0 Å². The van der Waals surface area contributed by atoms with Crippen molar-refractivity contribution in [2.24, 2.45) is 0 Å². The van der Waals surface area contributed by atoms with Crippen LogP contribution in [-0.4, -0.2) is 11.4 Å². The minimum atomic E-state index is -0.542. The molecule has 1 unspecified atom stereocenters. The SMILES string of the molecule is CC(C)=CCC/C(=C\C=O)CC(O)c1ccccc1. The van der Waals surface area contributed by atoms with Crippen molar-refractivity contribution < 1.29 is 9.90 Å². The molecule has 0 fully saturated rings. The summed E-state index contributed by atoms with van der Waals surface area (Å²) < 4.78 is 0. The molecule has 0 aromatic heterocycles. The van der Waals surface area contributed by atoms with Crippen LogP contribution in [0.15, 0.2) is 53.6 Å².